The van der Waals surface area contributed by atoms with Crippen LogP contribution in [0.5, 0.6) is 0 Å². The number of hydrogen-bond acceptors (Lipinski definition) is 1. The number of hydrogen-bond donors (Lipinski definition) is 1. The molecule has 0 aromatic heterocycles. The third kappa shape index (κ3) is 3.38. The van der Waals surface area contributed by atoms with Gasteiger partial charge in [0.1, 0.15) is 0 Å². The Morgan fingerprint density at radius 2 is 2.15 bits per heavy atom. The summed E-state index contributed by atoms with van der Waals surface area (Å²) < 4.78 is 1.38. The summed E-state index contributed by atoms with van der Waals surface area (Å²) in [6, 6.07) is 8.14. The third-order valence-corrected chi connectivity index (χ3v) is 4.19. The van der Waals surface area contributed by atoms with Gasteiger partial charge in [0.15, 0.2) is 0 Å². The van der Waals surface area contributed by atoms with Crippen LogP contribution >= 0.6 is 0 Å². The summed E-state index contributed by atoms with van der Waals surface area (Å²) in [5, 5.41) is 8.55. The fourth-order valence-electron chi connectivity index (χ4n) is 1.15. The molecule has 0 aliphatic heterocycles. The molecule has 0 aliphatic rings. The van der Waals surface area contributed by atoms with E-state index in [1.807, 2.05) is 18.2 Å². The molecule has 0 saturated carbocycles. The van der Waals surface area contributed by atoms with Crippen molar-refractivity contribution in [1.82, 2.24) is 0 Å². The van der Waals surface area contributed by atoms with Gasteiger partial charge in [-0.25, -0.2) is 0 Å². The summed E-state index contributed by atoms with van der Waals surface area (Å²) in [6.07, 6.45) is 0.911. The van der Waals surface area contributed by atoms with Gasteiger partial charge >= 0.3 is 88.0 Å². The maximum absolute atomic E-state index is 10.4. The van der Waals surface area contributed by atoms with Crippen LogP contribution in [0.3, 0.4) is 0 Å². The predicted octanol–water partition coefficient (Wildman–Crippen LogP) is 1.08. The molecule has 1 rings (SSSR count). The molecule has 0 atom stereocenters. The van der Waals surface area contributed by atoms with E-state index in [0.29, 0.717) is 6.42 Å². The summed E-state index contributed by atoms with van der Waals surface area (Å²) in [5.74, 6) is -0.716. The Bertz CT molecular complexity index is 297. The van der Waals surface area contributed by atoms with Gasteiger partial charge in [0.2, 0.25) is 0 Å². The molecule has 0 aliphatic carbocycles. The molecule has 1 aromatic rings. The number of aryl methyl sites for hydroxylation is 1. The normalized spacial score (nSPS) is 9.92. The van der Waals surface area contributed by atoms with E-state index in [-0.39, 0.29) is 27.3 Å². The molecule has 0 fully saturated rings. The van der Waals surface area contributed by atoms with E-state index in [0.717, 1.165) is 0 Å². The number of benzene rings is 1. The zero-order chi connectivity index (χ0) is 9.68. The monoisotopic (exact) mass is 294 g/mol. The Hall–Kier alpha value is -0.520. The first kappa shape index (κ1) is 10.6. The van der Waals surface area contributed by atoms with E-state index in [2.05, 4.69) is 11.0 Å². The van der Waals surface area contributed by atoms with E-state index in [1.54, 1.807) is 0 Å². The second-order valence-electron chi connectivity index (χ2n) is 2.71. The van der Waals surface area contributed by atoms with E-state index in [1.165, 1.54) is 9.17 Å². The number of carbonyl (C=O) groups is 1. The van der Waals surface area contributed by atoms with Crippen molar-refractivity contribution >= 4 is 30.5 Å². The molecule has 70 valence electrons. The summed E-state index contributed by atoms with van der Waals surface area (Å²) in [5.41, 5.74) is 1.22. The van der Waals surface area contributed by atoms with Crippen LogP contribution in [-0.4, -0.2) is 32.0 Å². The number of rotatable bonds is 4. The van der Waals surface area contributed by atoms with Gasteiger partial charge in [0.25, 0.3) is 0 Å². The molecule has 0 bridgehead atoms. The van der Waals surface area contributed by atoms with Crippen LogP contribution in [0.15, 0.2) is 24.3 Å². The molecule has 0 heterocycles. The molecule has 3 heteroatoms. The van der Waals surface area contributed by atoms with Crippen LogP contribution in [0.4, 0.5) is 0 Å². The number of carboxylic acid groups (broad SMARTS) is 1. The third-order valence-electron chi connectivity index (χ3n) is 1.80. The van der Waals surface area contributed by atoms with Gasteiger partial charge in [-0.3, -0.25) is 0 Å². The van der Waals surface area contributed by atoms with Gasteiger partial charge in [-0.2, -0.15) is 0 Å². The average Bonchev–Trinajstić information content (AvgIpc) is 2.15. The quantitative estimate of drug-likeness (QED) is 0.843. The second-order valence-corrected chi connectivity index (χ2v) is 5.13. The molecular weight excluding hydrogens is 280 g/mol. The van der Waals surface area contributed by atoms with Gasteiger partial charge in [-0.1, -0.05) is 0 Å². The SMILES string of the molecule is C[Te]c1ccccc1CCC(=O)O. The van der Waals surface area contributed by atoms with Crippen molar-refractivity contribution in [3.63, 3.8) is 0 Å². The van der Waals surface area contributed by atoms with Gasteiger partial charge in [0.05, 0.1) is 0 Å². The van der Waals surface area contributed by atoms with Crippen LogP contribution in [0, 0.1) is 0 Å². The van der Waals surface area contributed by atoms with Crippen LogP contribution in [0.25, 0.3) is 0 Å². The average molecular weight is 292 g/mol. The molecule has 0 unspecified atom stereocenters. The molecule has 0 saturated heterocycles. The molecule has 13 heavy (non-hydrogen) atoms. The van der Waals surface area contributed by atoms with E-state index < -0.39 is 5.97 Å². The molecular formula is C10H12O2Te. The first-order valence-electron chi connectivity index (χ1n) is 4.07. The van der Waals surface area contributed by atoms with E-state index >= 15 is 0 Å². The topological polar surface area (TPSA) is 37.3 Å². The first-order chi connectivity index (χ1) is 6.24. The Morgan fingerprint density at radius 1 is 1.46 bits per heavy atom. The fourth-order valence-corrected chi connectivity index (χ4v) is 3.00. The zero-order valence-corrected chi connectivity index (χ0v) is 9.82. The van der Waals surface area contributed by atoms with Crippen molar-refractivity contribution in [2.45, 2.75) is 17.8 Å². The van der Waals surface area contributed by atoms with Crippen molar-refractivity contribution in [2.75, 3.05) is 0 Å². The Kier molecular flexibility index (Phi) is 4.27. The van der Waals surface area contributed by atoms with Gasteiger partial charge in [-0.05, 0) is 0 Å². The molecule has 0 radical (unpaired) electrons. The van der Waals surface area contributed by atoms with Crippen molar-refractivity contribution < 1.29 is 9.90 Å². The number of aliphatic carboxylic acids is 1. The Labute approximate surface area is 88.0 Å². The summed E-state index contributed by atoms with van der Waals surface area (Å²) in [4.78, 5) is 12.6. The van der Waals surface area contributed by atoms with Gasteiger partial charge in [-0.15, -0.1) is 0 Å². The standard InChI is InChI=1S/C10H12O2Te/c1-13-9-5-3-2-4-8(9)6-7-10(11)12/h2-5H,6-7H2,1H3,(H,11,12). The van der Waals surface area contributed by atoms with Gasteiger partial charge < -0.3 is 0 Å². The Balaban J connectivity index is 2.69. The van der Waals surface area contributed by atoms with Crippen molar-refractivity contribution in [2.24, 2.45) is 0 Å². The summed E-state index contributed by atoms with van der Waals surface area (Å²) >= 11 is -0.102. The second kappa shape index (κ2) is 5.26. The number of carboxylic acids is 1. The van der Waals surface area contributed by atoms with Crippen LogP contribution in [0.1, 0.15) is 12.0 Å². The predicted molar refractivity (Wildman–Crippen MR) is 53.7 cm³/mol. The summed E-state index contributed by atoms with van der Waals surface area (Å²) in [6.45, 7) is 0. The minimum atomic E-state index is -0.716. The van der Waals surface area contributed by atoms with E-state index in [4.69, 9.17) is 5.11 Å². The molecule has 1 N–H and O–H groups in total. The summed E-state index contributed by atoms with van der Waals surface area (Å²) in [7, 11) is 0. The molecule has 1 aromatic carbocycles. The maximum atomic E-state index is 10.4. The molecule has 0 spiro atoms. The first-order valence-corrected chi connectivity index (χ1v) is 7.57. The van der Waals surface area contributed by atoms with Crippen LogP contribution < -0.4 is 3.61 Å². The molecule has 0 amide bonds. The van der Waals surface area contributed by atoms with Crippen molar-refractivity contribution in [3.05, 3.63) is 29.8 Å². The van der Waals surface area contributed by atoms with Crippen LogP contribution in [0.2, 0.25) is 4.97 Å². The van der Waals surface area contributed by atoms with Crippen molar-refractivity contribution in [3.8, 4) is 0 Å². The van der Waals surface area contributed by atoms with E-state index in [9.17, 15) is 4.79 Å². The van der Waals surface area contributed by atoms with Crippen molar-refractivity contribution in [1.29, 1.82) is 0 Å². The zero-order valence-electron chi connectivity index (χ0n) is 7.49. The van der Waals surface area contributed by atoms with Crippen LogP contribution in [-0.2, 0) is 11.2 Å². The minimum absolute atomic E-state index is 0.102. The fraction of sp³-hybridized carbons (Fsp3) is 0.300. The molecule has 2 nitrogen and oxygen atoms in total. The van der Waals surface area contributed by atoms with Gasteiger partial charge in [0, 0.05) is 0 Å². The Morgan fingerprint density at radius 3 is 2.77 bits per heavy atom.